The van der Waals surface area contributed by atoms with Gasteiger partial charge in [-0.05, 0) is 19.1 Å². The molecule has 6 nitrogen and oxygen atoms in total. The molecule has 1 aliphatic rings. The molecule has 0 bridgehead atoms. The fourth-order valence-electron chi connectivity index (χ4n) is 1.95. The van der Waals surface area contributed by atoms with Crippen molar-refractivity contribution in [3.05, 3.63) is 18.2 Å². The Morgan fingerprint density at radius 1 is 1.35 bits per heavy atom. The maximum atomic E-state index is 11.7. The zero-order chi connectivity index (χ0) is 14.4. The smallest absolute Gasteiger partial charge is 0.239 e. The van der Waals surface area contributed by atoms with Crippen LogP contribution in [0.15, 0.2) is 18.2 Å². The molecule has 2 rings (SSSR count). The van der Waals surface area contributed by atoms with Gasteiger partial charge >= 0.3 is 0 Å². The lowest BCUT2D eigenvalue weighted by Gasteiger charge is -2.19. The number of methoxy groups -OCH3 is 1. The third-order valence-electron chi connectivity index (χ3n) is 2.82. The van der Waals surface area contributed by atoms with Gasteiger partial charge in [0.15, 0.2) is 11.5 Å². The number of ether oxygens (including phenoxy) is 3. The minimum Gasteiger partial charge on any atom is -0.486 e. The Balaban J connectivity index is 1.83. The fourth-order valence-corrected chi connectivity index (χ4v) is 1.95. The molecule has 1 aromatic rings. The molecule has 6 heteroatoms. The van der Waals surface area contributed by atoms with Gasteiger partial charge in [-0.1, -0.05) is 0 Å². The van der Waals surface area contributed by atoms with E-state index in [1.165, 1.54) is 0 Å². The Bertz CT molecular complexity index is 464. The third-order valence-corrected chi connectivity index (χ3v) is 2.82. The number of nitrogens with one attached hydrogen (secondary N) is 2. The highest BCUT2D eigenvalue weighted by molar-refractivity contribution is 5.81. The minimum atomic E-state index is -0.0792. The summed E-state index contributed by atoms with van der Waals surface area (Å²) >= 11 is 0. The van der Waals surface area contributed by atoms with Gasteiger partial charge in [0.1, 0.15) is 13.2 Å². The molecular weight excluding hydrogens is 260 g/mol. The van der Waals surface area contributed by atoms with Gasteiger partial charge in [-0.15, -0.1) is 0 Å². The summed E-state index contributed by atoms with van der Waals surface area (Å²) < 4.78 is 15.9. The van der Waals surface area contributed by atoms with Crippen molar-refractivity contribution in [1.29, 1.82) is 0 Å². The van der Waals surface area contributed by atoms with E-state index in [2.05, 4.69) is 10.6 Å². The second kappa shape index (κ2) is 7.00. The van der Waals surface area contributed by atoms with Crippen LogP contribution >= 0.6 is 0 Å². The average Bonchev–Trinajstić information content (AvgIpc) is 2.45. The van der Waals surface area contributed by atoms with E-state index in [1.54, 1.807) is 7.11 Å². The summed E-state index contributed by atoms with van der Waals surface area (Å²) in [6.07, 6.45) is 0. The first kappa shape index (κ1) is 14.5. The first-order valence-electron chi connectivity index (χ1n) is 6.61. The summed E-state index contributed by atoms with van der Waals surface area (Å²) in [5, 5.41) is 5.88. The van der Waals surface area contributed by atoms with E-state index in [-0.39, 0.29) is 18.5 Å². The molecule has 0 spiro atoms. The molecule has 2 N–H and O–H groups in total. The van der Waals surface area contributed by atoms with Gasteiger partial charge in [-0.2, -0.15) is 0 Å². The molecule has 1 amide bonds. The highest BCUT2D eigenvalue weighted by Crippen LogP contribution is 2.32. The number of hydrogen-bond acceptors (Lipinski definition) is 5. The van der Waals surface area contributed by atoms with Crippen molar-refractivity contribution in [2.45, 2.75) is 13.0 Å². The minimum absolute atomic E-state index is 0.00503. The van der Waals surface area contributed by atoms with Gasteiger partial charge in [0, 0.05) is 24.9 Å². The lowest BCUT2D eigenvalue weighted by molar-refractivity contribution is -0.120. The van der Waals surface area contributed by atoms with E-state index in [1.807, 2.05) is 25.1 Å². The van der Waals surface area contributed by atoms with Crippen molar-refractivity contribution in [2.24, 2.45) is 0 Å². The van der Waals surface area contributed by atoms with Crippen LogP contribution < -0.4 is 20.1 Å². The summed E-state index contributed by atoms with van der Waals surface area (Å²) in [5.41, 5.74) is 0.823. The maximum Gasteiger partial charge on any atom is 0.239 e. The lowest BCUT2D eigenvalue weighted by Crippen LogP contribution is -2.39. The second-order valence-electron chi connectivity index (χ2n) is 4.64. The van der Waals surface area contributed by atoms with Crippen LogP contribution in [-0.2, 0) is 9.53 Å². The molecule has 0 aromatic heterocycles. The van der Waals surface area contributed by atoms with Crippen LogP contribution in [0.25, 0.3) is 0 Å². The molecule has 110 valence electrons. The molecule has 1 unspecified atom stereocenters. The van der Waals surface area contributed by atoms with Crippen molar-refractivity contribution < 1.29 is 19.0 Å². The van der Waals surface area contributed by atoms with Gasteiger partial charge in [0.25, 0.3) is 0 Å². The van der Waals surface area contributed by atoms with Gasteiger partial charge < -0.3 is 24.8 Å². The van der Waals surface area contributed by atoms with Gasteiger partial charge in [0.05, 0.1) is 13.2 Å². The van der Waals surface area contributed by atoms with E-state index in [0.29, 0.717) is 25.6 Å². The number of carbonyl (C=O) groups excluding carboxylic acids is 1. The van der Waals surface area contributed by atoms with Gasteiger partial charge in [-0.25, -0.2) is 0 Å². The van der Waals surface area contributed by atoms with Crippen LogP contribution in [0.3, 0.4) is 0 Å². The van der Waals surface area contributed by atoms with Crippen LogP contribution in [0.4, 0.5) is 5.69 Å². The highest BCUT2D eigenvalue weighted by atomic mass is 16.6. The second-order valence-corrected chi connectivity index (χ2v) is 4.64. The lowest BCUT2D eigenvalue weighted by atomic mass is 10.2. The fraction of sp³-hybridized carbons (Fsp3) is 0.500. The Morgan fingerprint density at radius 3 is 2.85 bits per heavy atom. The highest BCUT2D eigenvalue weighted by Gasteiger charge is 2.12. The number of rotatable bonds is 6. The quantitative estimate of drug-likeness (QED) is 0.814. The van der Waals surface area contributed by atoms with Crippen molar-refractivity contribution in [2.75, 3.05) is 38.8 Å². The van der Waals surface area contributed by atoms with Crippen molar-refractivity contribution in [3.8, 4) is 11.5 Å². The standard InChI is InChI=1S/C14H20N2O4/c1-10(9-18-2)16-14(17)8-15-11-3-4-12-13(7-11)20-6-5-19-12/h3-4,7,10,15H,5-6,8-9H2,1-2H3,(H,16,17). The number of anilines is 1. The number of benzene rings is 1. The van der Waals surface area contributed by atoms with Crippen LogP contribution in [-0.4, -0.2) is 45.4 Å². The van der Waals surface area contributed by atoms with Crippen LogP contribution in [0, 0.1) is 0 Å². The predicted molar refractivity (Wildman–Crippen MR) is 75.4 cm³/mol. The number of carbonyl (C=O) groups is 1. The molecule has 20 heavy (non-hydrogen) atoms. The third kappa shape index (κ3) is 4.03. The van der Waals surface area contributed by atoms with Gasteiger partial charge in [0.2, 0.25) is 5.91 Å². The van der Waals surface area contributed by atoms with Gasteiger partial charge in [-0.3, -0.25) is 4.79 Å². The molecule has 1 atom stereocenters. The Hall–Kier alpha value is -1.95. The van der Waals surface area contributed by atoms with E-state index >= 15 is 0 Å². The Morgan fingerprint density at radius 2 is 2.10 bits per heavy atom. The molecular formula is C14H20N2O4. The number of hydrogen-bond donors (Lipinski definition) is 2. The monoisotopic (exact) mass is 280 g/mol. The van der Waals surface area contributed by atoms with Crippen LogP contribution in [0.1, 0.15) is 6.92 Å². The topological polar surface area (TPSA) is 68.8 Å². The maximum absolute atomic E-state index is 11.7. The molecule has 1 aromatic carbocycles. The SMILES string of the molecule is COCC(C)NC(=O)CNc1ccc2c(c1)OCCO2. The predicted octanol–water partition coefficient (Wildman–Crippen LogP) is 1.02. The summed E-state index contributed by atoms with van der Waals surface area (Å²) in [6.45, 7) is 3.71. The van der Waals surface area contributed by atoms with E-state index in [9.17, 15) is 4.79 Å². The Kier molecular flexibility index (Phi) is 5.06. The summed E-state index contributed by atoms with van der Waals surface area (Å²) in [7, 11) is 1.61. The van der Waals surface area contributed by atoms with Crippen LogP contribution in [0.5, 0.6) is 11.5 Å². The van der Waals surface area contributed by atoms with Crippen molar-refractivity contribution in [3.63, 3.8) is 0 Å². The molecule has 1 aliphatic heterocycles. The zero-order valence-corrected chi connectivity index (χ0v) is 11.8. The Labute approximate surface area is 118 Å². The summed E-state index contributed by atoms with van der Waals surface area (Å²) in [6, 6.07) is 5.52. The first-order valence-corrected chi connectivity index (χ1v) is 6.61. The molecule has 0 saturated carbocycles. The van der Waals surface area contributed by atoms with E-state index < -0.39 is 0 Å². The molecule has 0 fully saturated rings. The number of amides is 1. The number of fused-ring (bicyclic) bond motifs is 1. The summed E-state index contributed by atoms with van der Waals surface area (Å²) in [5.74, 6) is 1.36. The van der Waals surface area contributed by atoms with E-state index in [4.69, 9.17) is 14.2 Å². The van der Waals surface area contributed by atoms with Crippen molar-refractivity contribution >= 4 is 11.6 Å². The zero-order valence-electron chi connectivity index (χ0n) is 11.8. The largest absolute Gasteiger partial charge is 0.486 e. The average molecular weight is 280 g/mol. The normalized spacial score (nSPS) is 14.5. The first-order chi connectivity index (χ1) is 9.69. The molecule has 1 heterocycles. The summed E-state index contributed by atoms with van der Waals surface area (Å²) in [4.78, 5) is 11.7. The van der Waals surface area contributed by atoms with Crippen LogP contribution in [0.2, 0.25) is 0 Å². The molecule has 0 saturated heterocycles. The van der Waals surface area contributed by atoms with E-state index in [0.717, 1.165) is 11.4 Å². The molecule has 0 aliphatic carbocycles. The molecule has 0 radical (unpaired) electrons. The van der Waals surface area contributed by atoms with Crippen molar-refractivity contribution in [1.82, 2.24) is 5.32 Å².